The molecular formula is C17H25NO. The van der Waals surface area contributed by atoms with E-state index >= 15 is 0 Å². The maximum atomic E-state index is 6.08. The van der Waals surface area contributed by atoms with Crippen LogP contribution in [-0.2, 0) is 6.42 Å². The first kappa shape index (κ1) is 13.0. The van der Waals surface area contributed by atoms with Gasteiger partial charge in [-0.15, -0.1) is 0 Å². The second-order valence-corrected chi connectivity index (χ2v) is 6.07. The summed E-state index contributed by atoms with van der Waals surface area (Å²) < 4.78 is 6.08. The molecule has 2 heteroatoms. The molecule has 3 unspecified atom stereocenters. The molecule has 1 saturated carbocycles. The van der Waals surface area contributed by atoms with E-state index in [0.29, 0.717) is 6.10 Å². The summed E-state index contributed by atoms with van der Waals surface area (Å²) in [5.74, 6) is 1.96. The summed E-state index contributed by atoms with van der Waals surface area (Å²) in [6, 6.07) is 9.25. The predicted molar refractivity (Wildman–Crippen MR) is 78.6 cm³/mol. The molecule has 1 fully saturated rings. The molecule has 1 aromatic rings. The Bertz CT molecular complexity index is 390. The Morgan fingerprint density at radius 3 is 3.00 bits per heavy atom. The van der Waals surface area contributed by atoms with Gasteiger partial charge >= 0.3 is 0 Å². The van der Waals surface area contributed by atoms with Crippen LogP contribution in [-0.4, -0.2) is 18.7 Å². The van der Waals surface area contributed by atoms with E-state index in [1.807, 2.05) is 0 Å². The van der Waals surface area contributed by atoms with E-state index < -0.39 is 0 Å². The maximum absolute atomic E-state index is 6.08. The van der Waals surface area contributed by atoms with Gasteiger partial charge in [-0.25, -0.2) is 0 Å². The van der Waals surface area contributed by atoms with E-state index in [1.165, 1.54) is 37.7 Å². The molecule has 1 heterocycles. The predicted octanol–water partition coefficient (Wildman–Crippen LogP) is 3.55. The minimum atomic E-state index is 0.419. The lowest BCUT2D eigenvalue weighted by atomic mass is 9.82. The largest absolute Gasteiger partial charge is 0.490 e. The molecule has 19 heavy (non-hydrogen) atoms. The number of para-hydroxylation sites is 1. The lowest BCUT2D eigenvalue weighted by Crippen LogP contribution is -2.35. The number of rotatable bonds is 4. The van der Waals surface area contributed by atoms with Gasteiger partial charge in [0.05, 0.1) is 0 Å². The first-order valence-electron chi connectivity index (χ1n) is 7.83. The van der Waals surface area contributed by atoms with Crippen LogP contribution in [0.2, 0.25) is 0 Å². The van der Waals surface area contributed by atoms with Gasteiger partial charge in [0.25, 0.3) is 0 Å². The van der Waals surface area contributed by atoms with E-state index in [9.17, 15) is 0 Å². The highest BCUT2D eigenvalue weighted by Crippen LogP contribution is 2.34. The fourth-order valence-corrected chi connectivity index (χ4v) is 3.74. The average molecular weight is 259 g/mol. The number of ether oxygens (including phenoxy) is 1. The fourth-order valence-electron chi connectivity index (χ4n) is 3.74. The van der Waals surface area contributed by atoms with Gasteiger partial charge in [-0.1, -0.05) is 38.0 Å². The van der Waals surface area contributed by atoms with Crippen LogP contribution < -0.4 is 10.1 Å². The van der Waals surface area contributed by atoms with Crippen molar-refractivity contribution in [3.63, 3.8) is 0 Å². The number of hydrogen-bond acceptors (Lipinski definition) is 2. The molecule has 0 spiro atoms. The molecule has 0 aromatic heterocycles. The van der Waals surface area contributed by atoms with Crippen LogP contribution >= 0.6 is 0 Å². The molecule has 2 aliphatic rings. The third kappa shape index (κ3) is 3.11. The van der Waals surface area contributed by atoms with Crippen molar-refractivity contribution >= 4 is 0 Å². The summed E-state index contributed by atoms with van der Waals surface area (Å²) in [5, 5.41) is 3.62. The van der Waals surface area contributed by atoms with Crippen LogP contribution in [0, 0.1) is 5.92 Å². The molecule has 1 N–H and O–H groups in total. The summed E-state index contributed by atoms with van der Waals surface area (Å²) in [6.07, 6.45) is 8.22. The summed E-state index contributed by atoms with van der Waals surface area (Å²) in [4.78, 5) is 0. The van der Waals surface area contributed by atoms with E-state index in [0.717, 1.165) is 30.7 Å². The molecule has 0 amide bonds. The second-order valence-electron chi connectivity index (χ2n) is 6.07. The van der Waals surface area contributed by atoms with Crippen molar-refractivity contribution in [2.75, 3.05) is 6.54 Å². The second kappa shape index (κ2) is 5.96. The van der Waals surface area contributed by atoms with Gasteiger partial charge in [-0.3, -0.25) is 0 Å². The molecule has 0 saturated heterocycles. The molecule has 3 atom stereocenters. The normalized spacial score (nSPS) is 29.8. The Morgan fingerprint density at radius 1 is 1.26 bits per heavy atom. The van der Waals surface area contributed by atoms with Gasteiger partial charge in [0.1, 0.15) is 11.9 Å². The topological polar surface area (TPSA) is 21.3 Å². The first-order valence-corrected chi connectivity index (χ1v) is 7.83. The minimum absolute atomic E-state index is 0.419. The Labute approximate surface area is 116 Å². The van der Waals surface area contributed by atoms with Crippen molar-refractivity contribution in [2.45, 2.75) is 57.6 Å². The molecule has 0 bridgehead atoms. The van der Waals surface area contributed by atoms with E-state index in [-0.39, 0.29) is 0 Å². The van der Waals surface area contributed by atoms with Crippen LogP contribution in [0.1, 0.15) is 44.6 Å². The quantitative estimate of drug-likeness (QED) is 0.893. The minimum Gasteiger partial charge on any atom is -0.490 e. The van der Waals surface area contributed by atoms with Gasteiger partial charge in [-0.2, -0.15) is 0 Å². The highest BCUT2D eigenvalue weighted by Gasteiger charge is 2.28. The molecule has 0 radical (unpaired) electrons. The number of fused-ring (bicyclic) bond motifs is 1. The van der Waals surface area contributed by atoms with Crippen LogP contribution in [0.3, 0.4) is 0 Å². The zero-order chi connectivity index (χ0) is 13.1. The first-order chi connectivity index (χ1) is 9.35. The Kier molecular flexibility index (Phi) is 4.07. The van der Waals surface area contributed by atoms with Crippen LogP contribution in [0.25, 0.3) is 0 Å². The lowest BCUT2D eigenvalue weighted by Gasteiger charge is -2.31. The molecule has 1 aromatic carbocycles. The summed E-state index contributed by atoms with van der Waals surface area (Å²) >= 11 is 0. The van der Waals surface area contributed by atoms with Crippen molar-refractivity contribution in [2.24, 2.45) is 5.92 Å². The average Bonchev–Trinajstić information content (AvgIpc) is 2.81. The number of nitrogens with one attached hydrogen (secondary N) is 1. The number of benzene rings is 1. The fraction of sp³-hybridized carbons (Fsp3) is 0.647. The van der Waals surface area contributed by atoms with Gasteiger partial charge < -0.3 is 10.1 Å². The molecule has 2 nitrogen and oxygen atoms in total. The third-order valence-electron chi connectivity index (χ3n) is 4.59. The van der Waals surface area contributed by atoms with Gasteiger partial charge in [0, 0.05) is 12.5 Å². The summed E-state index contributed by atoms with van der Waals surface area (Å²) in [7, 11) is 0. The van der Waals surface area contributed by atoms with Crippen molar-refractivity contribution < 1.29 is 4.74 Å². The van der Waals surface area contributed by atoms with E-state index in [4.69, 9.17) is 4.74 Å². The highest BCUT2D eigenvalue weighted by atomic mass is 16.5. The zero-order valence-electron chi connectivity index (χ0n) is 11.9. The Balaban J connectivity index is 1.53. The zero-order valence-corrected chi connectivity index (χ0v) is 11.9. The van der Waals surface area contributed by atoms with Crippen molar-refractivity contribution in [1.29, 1.82) is 0 Å². The van der Waals surface area contributed by atoms with Crippen LogP contribution in [0.5, 0.6) is 5.75 Å². The standard InChI is InChI=1S/C17H25NO/c1-2-18-15-8-5-6-13(10-15)11-16-12-14-7-3-4-9-17(14)19-16/h3-4,7,9,13,15-16,18H,2,5-6,8,10-12H2,1H3. The molecule has 1 aliphatic heterocycles. The van der Waals surface area contributed by atoms with E-state index in [2.05, 4.69) is 36.5 Å². The van der Waals surface area contributed by atoms with Crippen molar-refractivity contribution in [3.05, 3.63) is 29.8 Å². The lowest BCUT2D eigenvalue weighted by molar-refractivity contribution is 0.164. The number of hydrogen-bond donors (Lipinski definition) is 1. The molecule has 1 aliphatic carbocycles. The van der Waals surface area contributed by atoms with Gasteiger partial charge in [0.15, 0.2) is 0 Å². The van der Waals surface area contributed by atoms with E-state index in [1.54, 1.807) is 0 Å². The monoisotopic (exact) mass is 259 g/mol. The molecule has 3 rings (SSSR count). The van der Waals surface area contributed by atoms with Gasteiger partial charge in [-0.05, 0) is 43.4 Å². The van der Waals surface area contributed by atoms with Crippen molar-refractivity contribution in [1.82, 2.24) is 5.32 Å². The molecule has 104 valence electrons. The van der Waals surface area contributed by atoms with Gasteiger partial charge in [0.2, 0.25) is 0 Å². The summed E-state index contributed by atoms with van der Waals surface area (Å²) in [6.45, 7) is 3.31. The SMILES string of the molecule is CCNC1CCCC(CC2Cc3ccccc3O2)C1. The Morgan fingerprint density at radius 2 is 2.16 bits per heavy atom. The smallest absolute Gasteiger partial charge is 0.123 e. The van der Waals surface area contributed by atoms with Crippen LogP contribution in [0.15, 0.2) is 24.3 Å². The maximum Gasteiger partial charge on any atom is 0.123 e. The molecular weight excluding hydrogens is 234 g/mol. The third-order valence-corrected chi connectivity index (χ3v) is 4.59. The van der Waals surface area contributed by atoms with Crippen molar-refractivity contribution in [3.8, 4) is 5.75 Å². The van der Waals surface area contributed by atoms with Crippen LogP contribution in [0.4, 0.5) is 0 Å². The Hall–Kier alpha value is -1.02. The summed E-state index contributed by atoms with van der Waals surface area (Å²) in [5.41, 5.74) is 1.39. The highest BCUT2D eigenvalue weighted by molar-refractivity contribution is 5.37.